The van der Waals surface area contributed by atoms with Gasteiger partial charge in [-0.05, 0) is 43.2 Å². The summed E-state index contributed by atoms with van der Waals surface area (Å²) < 4.78 is 13.9. The number of benzene rings is 2. The van der Waals surface area contributed by atoms with Crippen molar-refractivity contribution in [2.24, 2.45) is 0 Å². The van der Waals surface area contributed by atoms with E-state index in [4.69, 9.17) is 4.98 Å². The van der Waals surface area contributed by atoms with Gasteiger partial charge in [-0.15, -0.1) is 0 Å². The molecule has 2 heterocycles. The molecular formula is C22H22FN3O. The summed E-state index contributed by atoms with van der Waals surface area (Å²) in [6.07, 6.45) is 0. The first-order valence-corrected chi connectivity index (χ1v) is 9.20. The molecule has 0 atom stereocenters. The maximum absolute atomic E-state index is 13.9. The molecule has 4 nitrogen and oxygen atoms in total. The lowest BCUT2D eigenvalue weighted by atomic mass is 10.1. The van der Waals surface area contributed by atoms with Crippen LogP contribution in [-0.4, -0.2) is 42.0 Å². The van der Waals surface area contributed by atoms with Crippen LogP contribution in [0.4, 0.5) is 10.2 Å². The highest BCUT2D eigenvalue weighted by Crippen LogP contribution is 2.25. The lowest BCUT2D eigenvalue weighted by Gasteiger charge is -2.35. The zero-order valence-electron chi connectivity index (χ0n) is 15.6. The fourth-order valence-electron chi connectivity index (χ4n) is 3.65. The Morgan fingerprint density at radius 1 is 0.963 bits per heavy atom. The molecule has 0 saturated carbocycles. The second kappa shape index (κ2) is 6.99. The lowest BCUT2D eigenvalue weighted by Crippen LogP contribution is -2.49. The van der Waals surface area contributed by atoms with E-state index in [1.54, 1.807) is 23.1 Å². The number of fused-ring (bicyclic) bond motifs is 1. The molecule has 0 bridgehead atoms. The summed E-state index contributed by atoms with van der Waals surface area (Å²) in [5, 5.41) is 1.17. The quantitative estimate of drug-likeness (QED) is 0.692. The number of aryl methyl sites for hydroxylation is 2. The molecule has 0 spiro atoms. The van der Waals surface area contributed by atoms with E-state index in [1.807, 2.05) is 0 Å². The minimum absolute atomic E-state index is 0.140. The summed E-state index contributed by atoms with van der Waals surface area (Å²) in [4.78, 5) is 21.4. The van der Waals surface area contributed by atoms with Crippen molar-refractivity contribution in [3.8, 4) is 0 Å². The molecule has 5 heteroatoms. The van der Waals surface area contributed by atoms with Crippen molar-refractivity contribution >= 4 is 22.6 Å². The minimum atomic E-state index is -0.466. The summed E-state index contributed by atoms with van der Waals surface area (Å²) in [6.45, 7) is 6.65. The Hall–Kier alpha value is -2.95. The van der Waals surface area contributed by atoms with Gasteiger partial charge in [-0.2, -0.15) is 0 Å². The van der Waals surface area contributed by atoms with Crippen LogP contribution in [0.3, 0.4) is 0 Å². The van der Waals surface area contributed by atoms with Gasteiger partial charge in [0.1, 0.15) is 11.6 Å². The molecule has 1 aromatic heterocycles. The number of rotatable bonds is 2. The van der Waals surface area contributed by atoms with Gasteiger partial charge in [0.05, 0.1) is 11.1 Å². The number of carbonyl (C=O) groups excluding carboxylic acids is 1. The van der Waals surface area contributed by atoms with Gasteiger partial charge >= 0.3 is 0 Å². The molecule has 0 radical (unpaired) electrons. The molecule has 4 rings (SSSR count). The van der Waals surface area contributed by atoms with Gasteiger partial charge < -0.3 is 9.80 Å². The fourth-order valence-corrected chi connectivity index (χ4v) is 3.65. The Kier molecular flexibility index (Phi) is 4.52. The third kappa shape index (κ3) is 3.25. The van der Waals surface area contributed by atoms with Gasteiger partial charge in [0.15, 0.2) is 0 Å². The number of carbonyl (C=O) groups is 1. The number of para-hydroxylation sites is 1. The van der Waals surface area contributed by atoms with Crippen LogP contribution in [0.2, 0.25) is 0 Å². The number of aromatic nitrogens is 1. The third-order valence-corrected chi connectivity index (χ3v) is 5.23. The minimum Gasteiger partial charge on any atom is -0.353 e. The zero-order valence-corrected chi connectivity index (χ0v) is 15.6. The molecule has 138 valence electrons. The first kappa shape index (κ1) is 17.5. The fraction of sp³-hybridized carbons (Fsp3) is 0.273. The topological polar surface area (TPSA) is 36.4 Å². The third-order valence-electron chi connectivity index (χ3n) is 5.23. The molecule has 3 aromatic rings. The van der Waals surface area contributed by atoms with Crippen molar-refractivity contribution in [1.82, 2.24) is 9.88 Å². The van der Waals surface area contributed by atoms with E-state index in [9.17, 15) is 9.18 Å². The van der Waals surface area contributed by atoms with Crippen LogP contribution >= 0.6 is 0 Å². The largest absolute Gasteiger partial charge is 0.353 e. The Morgan fingerprint density at radius 2 is 1.70 bits per heavy atom. The van der Waals surface area contributed by atoms with E-state index in [-0.39, 0.29) is 11.5 Å². The van der Waals surface area contributed by atoms with E-state index in [0.29, 0.717) is 26.2 Å². The number of amides is 1. The number of hydrogen-bond donors (Lipinski definition) is 0. The summed E-state index contributed by atoms with van der Waals surface area (Å²) in [7, 11) is 0. The highest BCUT2D eigenvalue weighted by molar-refractivity contribution is 5.94. The number of piperazine rings is 1. The monoisotopic (exact) mass is 363 g/mol. The maximum Gasteiger partial charge on any atom is 0.256 e. The number of halogens is 1. The molecule has 1 fully saturated rings. The SMILES string of the molecule is Cc1cc(N2CCN(C(=O)c3ccccc3F)CC2)nc2c(C)cccc12. The van der Waals surface area contributed by atoms with Crippen LogP contribution < -0.4 is 4.90 Å². The highest BCUT2D eigenvalue weighted by atomic mass is 19.1. The molecule has 0 aliphatic carbocycles. The van der Waals surface area contributed by atoms with Crippen LogP contribution in [0.1, 0.15) is 21.5 Å². The standard InChI is InChI=1S/C22H22FN3O/c1-15-6-5-8-17-16(2)14-20(24-21(15)17)25-10-12-26(13-11-25)22(27)18-7-3-4-9-19(18)23/h3-9,14H,10-13H2,1-2H3. The van der Waals surface area contributed by atoms with Crippen LogP contribution in [0.15, 0.2) is 48.5 Å². The van der Waals surface area contributed by atoms with Crippen molar-refractivity contribution in [3.05, 3.63) is 71.0 Å². The van der Waals surface area contributed by atoms with Gasteiger partial charge in [-0.25, -0.2) is 9.37 Å². The average Bonchev–Trinajstić information content (AvgIpc) is 2.69. The van der Waals surface area contributed by atoms with Crippen molar-refractivity contribution in [1.29, 1.82) is 0 Å². The highest BCUT2D eigenvalue weighted by Gasteiger charge is 2.24. The van der Waals surface area contributed by atoms with Gasteiger partial charge in [-0.3, -0.25) is 4.79 Å². The van der Waals surface area contributed by atoms with E-state index in [2.05, 4.69) is 43.0 Å². The molecule has 27 heavy (non-hydrogen) atoms. The summed E-state index contributed by atoms with van der Waals surface area (Å²) in [5.41, 5.74) is 3.52. The van der Waals surface area contributed by atoms with Crippen molar-refractivity contribution in [3.63, 3.8) is 0 Å². The Morgan fingerprint density at radius 3 is 2.44 bits per heavy atom. The second-order valence-corrected chi connectivity index (χ2v) is 7.03. The van der Waals surface area contributed by atoms with Gasteiger partial charge in [0, 0.05) is 31.6 Å². The summed E-state index contributed by atoms with van der Waals surface area (Å²) in [6, 6.07) is 14.5. The van der Waals surface area contributed by atoms with Crippen LogP contribution in [0, 0.1) is 19.7 Å². The molecule has 1 aliphatic rings. The van der Waals surface area contributed by atoms with Crippen LogP contribution in [0.5, 0.6) is 0 Å². The van der Waals surface area contributed by atoms with Gasteiger partial charge in [-0.1, -0.05) is 30.3 Å². The number of anilines is 1. The predicted molar refractivity (Wildman–Crippen MR) is 106 cm³/mol. The number of hydrogen-bond acceptors (Lipinski definition) is 3. The molecule has 1 aliphatic heterocycles. The normalized spacial score (nSPS) is 14.6. The lowest BCUT2D eigenvalue weighted by molar-refractivity contribution is 0.0742. The van der Waals surface area contributed by atoms with Gasteiger partial charge in [0.25, 0.3) is 5.91 Å². The Bertz CT molecular complexity index is 1010. The molecular weight excluding hydrogens is 341 g/mol. The van der Waals surface area contributed by atoms with Crippen LogP contribution in [-0.2, 0) is 0 Å². The van der Waals surface area contributed by atoms with E-state index >= 15 is 0 Å². The number of pyridine rings is 1. The first-order chi connectivity index (χ1) is 13.0. The Balaban J connectivity index is 1.53. The predicted octanol–water partition coefficient (Wildman–Crippen LogP) is 3.95. The summed E-state index contributed by atoms with van der Waals surface area (Å²) >= 11 is 0. The van der Waals surface area contributed by atoms with Crippen molar-refractivity contribution < 1.29 is 9.18 Å². The molecule has 2 aromatic carbocycles. The summed E-state index contributed by atoms with van der Waals surface area (Å²) in [5.74, 6) is 0.228. The zero-order chi connectivity index (χ0) is 19.0. The smallest absolute Gasteiger partial charge is 0.256 e. The molecule has 1 amide bonds. The Labute approximate surface area is 158 Å². The van der Waals surface area contributed by atoms with Crippen LogP contribution in [0.25, 0.3) is 10.9 Å². The average molecular weight is 363 g/mol. The second-order valence-electron chi connectivity index (χ2n) is 7.03. The van der Waals surface area contributed by atoms with Crippen molar-refractivity contribution in [2.75, 3.05) is 31.1 Å². The number of nitrogens with zero attached hydrogens (tertiary/aromatic N) is 3. The maximum atomic E-state index is 13.9. The van der Waals surface area contributed by atoms with E-state index < -0.39 is 5.82 Å². The van der Waals surface area contributed by atoms with Gasteiger partial charge in [0.2, 0.25) is 0 Å². The van der Waals surface area contributed by atoms with Crippen molar-refractivity contribution in [2.45, 2.75) is 13.8 Å². The first-order valence-electron chi connectivity index (χ1n) is 9.20. The van der Waals surface area contributed by atoms with E-state index in [1.165, 1.54) is 17.0 Å². The molecule has 0 unspecified atom stereocenters. The molecule has 0 N–H and O–H groups in total. The van der Waals surface area contributed by atoms with E-state index in [0.717, 1.165) is 16.9 Å². The molecule has 1 saturated heterocycles.